The zero-order valence-electron chi connectivity index (χ0n) is 10.9. The third-order valence-corrected chi connectivity index (χ3v) is 3.82. The molecule has 0 radical (unpaired) electrons. The number of thiophene rings is 1. The molecule has 1 aromatic heterocycles. The summed E-state index contributed by atoms with van der Waals surface area (Å²) < 4.78 is 5.23. The molecule has 2 amide bonds. The van der Waals surface area contributed by atoms with Crippen LogP contribution in [0, 0.1) is 0 Å². The van der Waals surface area contributed by atoms with Crippen LogP contribution in [-0.4, -0.2) is 31.2 Å². The summed E-state index contributed by atoms with van der Waals surface area (Å²) >= 11 is 1.50. The van der Waals surface area contributed by atoms with E-state index in [9.17, 15) is 9.59 Å². The molecule has 1 aliphatic rings. The third-order valence-electron chi connectivity index (χ3n) is 2.93. The SMILES string of the molecule is CCCCC(=O)NCC1CN(c2cccs2)C(=O)O1. The Morgan fingerprint density at radius 3 is 3.16 bits per heavy atom. The van der Waals surface area contributed by atoms with E-state index >= 15 is 0 Å². The van der Waals surface area contributed by atoms with E-state index in [-0.39, 0.29) is 18.1 Å². The molecule has 0 aromatic carbocycles. The number of nitrogens with one attached hydrogen (secondary N) is 1. The van der Waals surface area contributed by atoms with Gasteiger partial charge in [-0.25, -0.2) is 4.79 Å². The molecular formula is C13H18N2O3S. The lowest BCUT2D eigenvalue weighted by Crippen LogP contribution is -2.34. The highest BCUT2D eigenvalue weighted by molar-refractivity contribution is 7.14. The van der Waals surface area contributed by atoms with Crippen molar-refractivity contribution in [3.05, 3.63) is 17.5 Å². The molecule has 1 N–H and O–H groups in total. The number of unbranched alkanes of at least 4 members (excludes halogenated alkanes) is 1. The second-order valence-electron chi connectivity index (χ2n) is 4.48. The summed E-state index contributed by atoms with van der Waals surface area (Å²) in [5, 5.41) is 5.60. The number of carbonyl (C=O) groups is 2. The van der Waals surface area contributed by atoms with Crippen LogP contribution in [-0.2, 0) is 9.53 Å². The van der Waals surface area contributed by atoms with Crippen molar-refractivity contribution in [3.63, 3.8) is 0 Å². The van der Waals surface area contributed by atoms with Gasteiger partial charge in [-0.05, 0) is 23.9 Å². The van der Waals surface area contributed by atoms with Gasteiger partial charge in [0.2, 0.25) is 5.91 Å². The summed E-state index contributed by atoms with van der Waals surface area (Å²) in [6.45, 7) is 2.93. The number of ether oxygens (including phenoxy) is 1. The molecule has 104 valence electrons. The van der Waals surface area contributed by atoms with Crippen LogP contribution in [0.1, 0.15) is 26.2 Å². The van der Waals surface area contributed by atoms with Gasteiger partial charge in [-0.1, -0.05) is 13.3 Å². The molecule has 1 unspecified atom stereocenters. The van der Waals surface area contributed by atoms with Crippen molar-refractivity contribution < 1.29 is 14.3 Å². The van der Waals surface area contributed by atoms with Gasteiger partial charge in [-0.3, -0.25) is 9.69 Å². The molecule has 0 bridgehead atoms. The molecule has 19 heavy (non-hydrogen) atoms. The predicted octanol–water partition coefficient (Wildman–Crippen LogP) is 2.38. The highest BCUT2D eigenvalue weighted by Crippen LogP contribution is 2.25. The Morgan fingerprint density at radius 2 is 2.47 bits per heavy atom. The standard InChI is InChI=1S/C13H18N2O3S/c1-2-3-5-11(16)14-8-10-9-15(13(17)18-10)12-6-4-7-19-12/h4,6-7,10H,2-3,5,8-9H2,1H3,(H,14,16). The first kappa shape index (κ1) is 13.9. The molecule has 1 atom stereocenters. The Bertz CT molecular complexity index is 433. The zero-order chi connectivity index (χ0) is 13.7. The second kappa shape index (κ2) is 6.56. The minimum absolute atomic E-state index is 0.0208. The number of anilines is 1. The van der Waals surface area contributed by atoms with Crippen molar-refractivity contribution in [2.75, 3.05) is 18.0 Å². The maximum absolute atomic E-state index is 11.7. The molecule has 5 nitrogen and oxygen atoms in total. The van der Waals surface area contributed by atoms with Crippen LogP contribution in [0.4, 0.5) is 9.80 Å². The number of cyclic esters (lactones) is 1. The molecule has 1 fully saturated rings. The van der Waals surface area contributed by atoms with Gasteiger partial charge in [0, 0.05) is 6.42 Å². The van der Waals surface area contributed by atoms with Gasteiger partial charge < -0.3 is 10.1 Å². The lowest BCUT2D eigenvalue weighted by Gasteiger charge is -2.10. The van der Waals surface area contributed by atoms with Crippen LogP contribution in [0.3, 0.4) is 0 Å². The van der Waals surface area contributed by atoms with Crippen molar-refractivity contribution in [2.45, 2.75) is 32.3 Å². The molecule has 1 aromatic rings. The first-order valence-corrected chi connectivity index (χ1v) is 7.37. The fourth-order valence-electron chi connectivity index (χ4n) is 1.88. The number of carbonyl (C=O) groups excluding carboxylic acids is 2. The average molecular weight is 282 g/mol. The molecule has 6 heteroatoms. The average Bonchev–Trinajstić information content (AvgIpc) is 3.02. The van der Waals surface area contributed by atoms with Gasteiger partial charge in [-0.2, -0.15) is 0 Å². The van der Waals surface area contributed by atoms with E-state index in [1.165, 1.54) is 11.3 Å². The molecule has 0 saturated carbocycles. The van der Waals surface area contributed by atoms with Crippen molar-refractivity contribution in [1.82, 2.24) is 5.32 Å². The number of hydrogen-bond donors (Lipinski definition) is 1. The van der Waals surface area contributed by atoms with Crippen molar-refractivity contribution in [1.29, 1.82) is 0 Å². The van der Waals surface area contributed by atoms with E-state index in [1.54, 1.807) is 4.90 Å². The fourth-order valence-corrected chi connectivity index (χ4v) is 2.61. The fraction of sp³-hybridized carbons (Fsp3) is 0.538. The van der Waals surface area contributed by atoms with Crippen LogP contribution in [0.25, 0.3) is 0 Å². The minimum Gasteiger partial charge on any atom is -0.442 e. The lowest BCUT2D eigenvalue weighted by molar-refractivity contribution is -0.121. The number of nitrogens with zero attached hydrogens (tertiary/aromatic N) is 1. The lowest BCUT2D eigenvalue weighted by atomic mass is 10.2. The summed E-state index contributed by atoms with van der Waals surface area (Å²) in [6.07, 6.45) is 1.82. The first-order valence-electron chi connectivity index (χ1n) is 6.49. The summed E-state index contributed by atoms with van der Waals surface area (Å²) in [5.74, 6) is 0.0208. The van der Waals surface area contributed by atoms with Gasteiger partial charge in [-0.15, -0.1) is 11.3 Å². The maximum Gasteiger partial charge on any atom is 0.415 e. The summed E-state index contributed by atoms with van der Waals surface area (Å²) in [7, 11) is 0. The Balaban J connectivity index is 1.78. The Labute approximate surface area is 116 Å². The molecule has 1 aliphatic heterocycles. The Hall–Kier alpha value is -1.56. The molecule has 2 rings (SSSR count). The monoisotopic (exact) mass is 282 g/mol. The smallest absolute Gasteiger partial charge is 0.415 e. The normalized spacial score (nSPS) is 18.5. The van der Waals surface area contributed by atoms with Crippen molar-refractivity contribution >= 4 is 28.3 Å². The van der Waals surface area contributed by atoms with Crippen LogP contribution >= 0.6 is 11.3 Å². The number of rotatable bonds is 6. The van der Waals surface area contributed by atoms with E-state index in [0.717, 1.165) is 17.8 Å². The molecule has 2 heterocycles. The highest BCUT2D eigenvalue weighted by atomic mass is 32.1. The van der Waals surface area contributed by atoms with Crippen LogP contribution < -0.4 is 10.2 Å². The quantitative estimate of drug-likeness (QED) is 0.871. The van der Waals surface area contributed by atoms with E-state index in [0.29, 0.717) is 19.5 Å². The van der Waals surface area contributed by atoms with Gasteiger partial charge in [0.25, 0.3) is 0 Å². The van der Waals surface area contributed by atoms with Crippen LogP contribution in [0.5, 0.6) is 0 Å². The Morgan fingerprint density at radius 1 is 1.63 bits per heavy atom. The number of hydrogen-bond acceptors (Lipinski definition) is 4. The predicted molar refractivity (Wildman–Crippen MR) is 74.5 cm³/mol. The van der Waals surface area contributed by atoms with E-state index in [2.05, 4.69) is 5.32 Å². The van der Waals surface area contributed by atoms with Gasteiger partial charge in [0.15, 0.2) is 0 Å². The van der Waals surface area contributed by atoms with E-state index < -0.39 is 0 Å². The molecule has 1 saturated heterocycles. The minimum atomic E-state index is -0.338. The van der Waals surface area contributed by atoms with Crippen molar-refractivity contribution in [3.8, 4) is 0 Å². The van der Waals surface area contributed by atoms with E-state index in [1.807, 2.05) is 24.4 Å². The van der Waals surface area contributed by atoms with Crippen molar-refractivity contribution in [2.24, 2.45) is 0 Å². The van der Waals surface area contributed by atoms with Gasteiger partial charge in [0.05, 0.1) is 13.1 Å². The van der Waals surface area contributed by atoms with E-state index in [4.69, 9.17) is 4.74 Å². The topological polar surface area (TPSA) is 58.6 Å². The number of amides is 2. The highest BCUT2D eigenvalue weighted by Gasteiger charge is 2.32. The maximum atomic E-state index is 11.7. The molecule has 0 aliphatic carbocycles. The van der Waals surface area contributed by atoms with Crippen LogP contribution in [0.15, 0.2) is 17.5 Å². The Kier molecular flexibility index (Phi) is 4.79. The zero-order valence-corrected chi connectivity index (χ0v) is 11.7. The molecular weight excluding hydrogens is 264 g/mol. The summed E-state index contributed by atoms with van der Waals surface area (Å²) in [5.41, 5.74) is 0. The first-order chi connectivity index (χ1) is 9.20. The summed E-state index contributed by atoms with van der Waals surface area (Å²) in [4.78, 5) is 24.8. The largest absolute Gasteiger partial charge is 0.442 e. The third kappa shape index (κ3) is 3.70. The molecule has 0 spiro atoms. The summed E-state index contributed by atoms with van der Waals surface area (Å²) in [6, 6.07) is 3.78. The van der Waals surface area contributed by atoms with Crippen LogP contribution in [0.2, 0.25) is 0 Å². The van der Waals surface area contributed by atoms with Gasteiger partial charge >= 0.3 is 6.09 Å². The van der Waals surface area contributed by atoms with Gasteiger partial charge in [0.1, 0.15) is 11.1 Å². The second-order valence-corrected chi connectivity index (χ2v) is 5.40.